The molecule has 1 aromatic heterocycles. The molecule has 2 aromatic rings. The Bertz CT molecular complexity index is 619. The zero-order valence-corrected chi connectivity index (χ0v) is 13.7. The molecule has 0 saturated carbocycles. The standard InChI is InChI=1S/C16H21N3O2S/c1-11(13-7-5-9-21-13)17-16(20)19(2)10-15-18-12-6-3-4-8-14(12)22-15/h3-4,6,8,11,13H,5,7,9-10H2,1-2H3,(H,17,20). The van der Waals surface area contributed by atoms with Crippen molar-refractivity contribution in [1.29, 1.82) is 0 Å². The van der Waals surface area contributed by atoms with Gasteiger partial charge in [-0.2, -0.15) is 0 Å². The van der Waals surface area contributed by atoms with Gasteiger partial charge >= 0.3 is 6.03 Å². The van der Waals surface area contributed by atoms with Crippen LogP contribution in [0.4, 0.5) is 4.79 Å². The van der Waals surface area contributed by atoms with Crippen molar-refractivity contribution in [3.05, 3.63) is 29.3 Å². The van der Waals surface area contributed by atoms with Crippen LogP contribution in [0.3, 0.4) is 0 Å². The van der Waals surface area contributed by atoms with E-state index in [0.717, 1.165) is 34.7 Å². The molecular weight excluding hydrogens is 298 g/mol. The number of urea groups is 1. The number of rotatable bonds is 4. The summed E-state index contributed by atoms with van der Waals surface area (Å²) in [6, 6.07) is 7.98. The highest BCUT2D eigenvalue weighted by Gasteiger charge is 2.24. The molecular formula is C16H21N3O2S. The fraction of sp³-hybridized carbons (Fsp3) is 0.500. The molecule has 1 aliphatic heterocycles. The lowest BCUT2D eigenvalue weighted by atomic mass is 10.1. The lowest BCUT2D eigenvalue weighted by Crippen LogP contribution is -2.46. The van der Waals surface area contributed by atoms with Crippen molar-refractivity contribution >= 4 is 27.6 Å². The second-order valence-corrected chi connectivity index (χ2v) is 6.84. The van der Waals surface area contributed by atoms with Crippen molar-refractivity contribution in [2.45, 2.75) is 38.5 Å². The van der Waals surface area contributed by atoms with Crippen LogP contribution < -0.4 is 5.32 Å². The van der Waals surface area contributed by atoms with Gasteiger partial charge in [0.05, 0.1) is 28.9 Å². The van der Waals surface area contributed by atoms with Crippen molar-refractivity contribution in [3.8, 4) is 0 Å². The number of hydrogen-bond acceptors (Lipinski definition) is 4. The monoisotopic (exact) mass is 319 g/mol. The molecule has 5 nitrogen and oxygen atoms in total. The summed E-state index contributed by atoms with van der Waals surface area (Å²) in [5.41, 5.74) is 0.990. The molecule has 0 radical (unpaired) electrons. The largest absolute Gasteiger partial charge is 0.376 e. The zero-order chi connectivity index (χ0) is 15.5. The number of nitrogens with one attached hydrogen (secondary N) is 1. The molecule has 2 atom stereocenters. The minimum Gasteiger partial charge on any atom is -0.376 e. The van der Waals surface area contributed by atoms with Crippen LogP contribution in [0.2, 0.25) is 0 Å². The van der Waals surface area contributed by atoms with Gasteiger partial charge in [0.2, 0.25) is 0 Å². The molecule has 2 heterocycles. The molecule has 0 bridgehead atoms. The fourth-order valence-corrected chi connectivity index (χ4v) is 3.68. The average molecular weight is 319 g/mol. The Labute approximate surface area is 134 Å². The maximum absolute atomic E-state index is 12.3. The van der Waals surface area contributed by atoms with Crippen LogP contribution in [0.15, 0.2) is 24.3 Å². The van der Waals surface area contributed by atoms with Crippen molar-refractivity contribution in [3.63, 3.8) is 0 Å². The van der Waals surface area contributed by atoms with Crippen LogP contribution in [0.5, 0.6) is 0 Å². The molecule has 2 unspecified atom stereocenters. The predicted octanol–water partition coefficient (Wildman–Crippen LogP) is 3.01. The molecule has 2 amide bonds. The van der Waals surface area contributed by atoms with Gasteiger partial charge in [-0.3, -0.25) is 0 Å². The molecule has 1 aromatic carbocycles. The molecule has 1 fully saturated rings. The van der Waals surface area contributed by atoms with Gasteiger partial charge in [-0.1, -0.05) is 12.1 Å². The summed E-state index contributed by atoms with van der Waals surface area (Å²) in [5.74, 6) is 0. The SMILES string of the molecule is CC(NC(=O)N(C)Cc1nc2ccccc2s1)C1CCCO1. The van der Waals surface area contributed by atoms with Crippen molar-refractivity contribution < 1.29 is 9.53 Å². The summed E-state index contributed by atoms with van der Waals surface area (Å²) in [7, 11) is 1.80. The molecule has 0 spiro atoms. The summed E-state index contributed by atoms with van der Waals surface area (Å²) in [6.07, 6.45) is 2.23. The molecule has 0 aliphatic carbocycles. The quantitative estimate of drug-likeness (QED) is 0.942. The van der Waals surface area contributed by atoms with Gasteiger partial charge in [0.15, 0.2) is 0 Å². The molecule has 22 heavy (non-hydrogen) atoms. The number of nitrogens with zero attached hydrogens (tertiary/aromatic N) is 2. The second kappa shape index (κ2) is 6.62. The average Bonchev–Trinajstić information content (AvgIpc) is 3.15. The van der Waals surface area contributed by atoms with Crippen LogP contribution >= 0.6 is 11.3 Å². The smallest absolute Gasteiger partial charge is 0.317 e. The van der Waals surface area contributed by atoms with Crippen molar-refractivity contribution in [2.24, 2.45) is 0 Å². The van der Waals surface area contributed by atoms with Gasteiger partial charge in [0, 0.05) is 13.7 Å². The van der Waals surface area contributed by atoms with E-state index in [1.54, 1.807) is 23.3 Å². The highest BCUT2D eigenvalue weighted by molar-refractivity contribution is 7.18. The van der Waals surface area contributed by atoms with E-state index in [2.05, 4.69) is 16.4 Å². The number of fused-ring (bicyclic) bond motifs is 1. The first kappa shape index (κ1) is 15.2. The highest BCUT2D eigenvalue weighted by atomic mass is 32.1. The van der Waals surface area contributed by atoms with E-state index in [-0.39, 0.29) is 18.2 Å². The Morgan fingerprint density at radius 1 is 1.55 bits per heavy atom. The third kappa shape index (κ3) is 3.39. The summed E-state index contributed by atoms with van der Waals surface area (Å²) >= 11 is 1.63. The van der Waals surface area contributed by atoms with Crippen LogP contribution in [0.1, 0.15) is 24.8 Å². The van der Waals surface area contributed by atoms with Crippen LogP contribution in [0.25, 0.3) is 10.2 Å². The Morgan fingerprint density at radius 3 is 3.09 bits per heavy atom. The van der Waals surface area contributed by atoms with E-state index in [0.29, 0.717) is 6.54 Å². The zero-order valence-electron chi connectivity index (χ0n) is 12.9. The lowest BCUT2D eigenvalue weighted by Gasteiger charge is -2.23. The Kier molecular flexibility index (Phi) is 4.59. The highest BCUT2D eigenvalue weighted by Crippen LogP contribution is 2.22. The minimum atomic E-state index is -0.0812. The van der Waals surface area contributed by atoms with Gasteiger partial charge in [-0.25, -0.2) is 9.78 Å². The Balaban J connectivity index is 1.58. The second-order valence-electron chi connectivity index (χ2n) is 5.72. The fourth-order valence-electron chi connectivity index (χ4n) is 2.66. The first-order valence-corrected chi connectivity index (χ1v) is 8.43. The van der Waals surface area contributed by atoms with Gasteiger partial charge in [0.25, 0.3) is 0 Å². The van der Waals surface area contributed by atoms with E-state index in [1.807, 2.05) is 25.1 Å². The lowest BCUT2D eigenvalue weighted by molar-refractivity contribution is 0.0838. The number of hydrogen-bond donors (Lipinski definition) is 1. The van der Waals surface area contributed by atoms with Crippen LogP contribution in [-0.2, 0) is 11.3 Å². The minimum absolute atomic E-state index is 0.0350. The van der Waals surface area contributed by atoms with E-state index in [9.17, 15) is 4.79 Å². The first-order valence-electron chi connectivity index (χ1n) is 7.61. The number of benzene rings is 1. The van der Waals surface area contributed by atoms with Gasteiger partial charge in [0.1, 0.15) is 5.01 Å². The number of ether oxygens (including phenoxy) is 1. The summed E-state index contributed by atoms with van der Waals surface area (Å²) in [5, 5.41) is 3.96. The van der Waals surface area contributed by atoms with Gasteiger partial charge < -0.3 is 15.0 Å². The number of amides is 2. The summed E-state index contributed by atoms with van der Waals surface area (Å²) in [6.45, 7) is 3.31. The molecule has 3 rings (SSSR count). The number of para-hydroxylation sites is 1. The number of carbonyl (C=O) groups is 1. The normalized spacial score (nSPS) is 19.3. The third-order valence-electron chi connectivity index (χ3n) is 3.93. The Hall–Kier alpha value is -1.66. The maximum Gasteiger partial charge on any atom is 0.317 e. The molecule has 1 aliphatic rings. The van der Waals surface area contributed by atoms with Crippen LogP contribution in [0, 0.1) is 0 Å². The first-order chi connectivity index (χ1) is 10.6. The molecule has 118 valence electrons. The van der Waals surface area contributed by atoms with Crippen LogP contribution in [-0.4, -0.2) is 41.7 Å². The van der Waals surface area contributed by atoms with E-state index in [1.165, 1.54) is 0 Å². The molecule has 1 saturated heterocycles. The van der Waals surface area contributed by atoms with Crippen molar-refractivity contribution in [1.82, 2.24) is 15.2 Å². The third-order valence-corrected chi connectivity index (χ3v) is 4.95. The molecule has 1 N–H and O–H groups in total. The van der Waals surface area contributed by atoms with E-state index in [4.69, 9.17) is 4.74 Å². The van der Waals surface area contributed by atoms with Gasteiger partial charge in [-0.15, -0.1) is 11.3 Å². The maximum atomic E-state index is 12.3. The number of aromatic nitrogens is 1. The number of carbonyl (C=O) groups excluding carboxylic acids is 1. The summed E-state index contributed by atoms with van der Waals surface area (Å²) < 4.78 is 6.76. The topological polar surface area (TPSA) is 54.5 Å². The van der Waals surface area contributed by atoms with E-state index >= 15 is 0 Å². The number of thiazole rings is 1. The predicted molar refractivity (Wildman–Crippen MR) is 88.1 cm³/mol. The summed E-state index contributed by atoms with van der Waals surface area (Å²) in [4.78, 5) is 18.5. The molecule has 6 heteroatoms. The van der Waals surface area contributed by atoms with Crippen molar-refractivity contribution in [2.75, 3.05) is 13.7 Å². The van der Waals surface area contributed by atoms with Gasteiger partial charge in [-0.05, 0) is 31.9 Å². The Morgan fingerprint density at radius 2 is 2.36 bits per heavy atom. The van der Waals surface area contributed by atoms with E-state index < -0.39 is 0 Å².